The molecule has 0 bridgehead atoms. The van der Waals surface area contributed by atoms with Gasteiger partial charge in [0.15, 0.2) is 11.5 Å². The Morgan fingerprint density at radius 1 is 1.00 bits per heavy atom. The van der Waals surface area contributed by atoms with Gasteiger partial charge in [0.1, 0.15) is 18.7 Å². The third-order valence-electron chi connectivity index (χ3n) is 5.07. The minimum Gasteiger partial charge on any atom is -0.486 e. The van der Waals surface area contributed by atoms with Gasteiger partial charge in [-0.15, -0.1) is 5.10 Å². The number of fused-ring (bicyclic) bond motifs is 2. The molecule has 0 spiro atoms. The maximum absolute atomic E-state index is 12.8. The second-order valence-electron chi connectivity index (χ2n) is 7.34. The molecule has 4 aromatic rings. The number of rotatable bonds is 6. The van der Waals surface area contributed by atoms with E-state index in [4.69, 9.17) is 9.47 Å². The molecule has 0 radical (unpaired) electrons. The molecule has 5 rings (SSSR count). The predicted molar refractivity (Wildman–Crippen MR) is 125 cm³/mol. The fourth-order valence-corrected chi connectivity index (χ4v) is 4.39. The molecule has 0 saturated carbocycles. The average molecular weight is 461 g/mol. The quantitative estimate of drug-likeness (QED) is 0.468. The first-order valence-electron chi connectivity index (χ1n) is 10.5. The van der Waals surface area contributed by atoms with Gasteiger partial charge in [0.2, 0.25) is 5.91 Å². The zero-order chi connectivity index (χ0) is 22.6. The monoisotopic (exact) mass is 460 g/mol. The van der Waals surface area contributed by atoms with Crippen LogP contribution in [0.1, 0.15) is 6.42 Å². The third kappa shape index (κ3) is 4.68. The zero-order valence-corrected chi connectivity index (χ0v) is 18.4. The van der Waals surface area contributed by atoms with Crippen LogP contribution in [0.2, 0.25) is 0 Å². The standard InChI is InChI=1S/C24H20N4O4S/c29-23(10-11-28-24(30)17-8-4-5-9-18(17)26-27-28)25-19-14-20-21(32-13-12-31-20)15-22(19)33-16-6-2-1-3-7-16/h1-9,14-15H,10-13H2,(H,25,29). The number of ether oxygens (including phenoxy) is 2. The number of carbonyl (C=O) groups is 1. The van der Waals surface area contributed by atoms with E-state index in [-0.39, 0.29) is 24.4 Å². The summed E-state index contributed by atoms with van der Waals surface area (Å²) in [4.78, 5) is 27.3. The summed E-state index contributed by atoms with van der Waals surface area (Å²) >= 11 is 1.52. The molecular formula is C24H20N4O4S. The van der Waals surface area contributed by atoms with Crippen molar-refractivity contribution in [2.24, 2.45) is 0 Å². The van der Waals surface area contributed by atoms with Crippen molar-refractivity contribution >= 4 is 34.3 Å². The first-order valence-corrected chi connectivity index (χ1v) is 11.3. The van der Waals surface area contributed by atoms with Gasteiger partial charge in [-0.2, -0.15) is 0 Å². The maximum atomic E-state index is 12.8. The zero-order valence-electron chi connectivity index (χ0n) is 17.6. The summed E-state index contributed by atoms with van der Waals surface area (Å²) in [6.45, 7) is 1.05. The molecule has 1 amide bonds. The van der Waals surface area contributed by atoms with Gasteiger partial charge in [-0.25, -0.2) is 4.68 Å². The van der Waals surface area contributed by atoms with Crippen LogP contribution in [0, 0.1) is 0 Å². The molecule has 0 atom stereocenters. The van der Waals surface area contributed by atoms with Crippen molar-refractivity contribution in [1.82, 2.24) is 15.0 Å². The largest absolute Gasteiger partial charge is 0.486 e. The van der Waals surface area contributed by atoms with Gasteiger partial charge in [0.25, 0.3) is 5.56 Å². The molecular weight excluding hydrogens is 440 g/mol. The summed E-state index contributed by atoms with van der Waals surface area (Å²) < 4.78 is 12.6. The van der Waals surface area contributed by atoms with E-state index in [0.717, 1.165) is 9.79 Å². The lowest BCUT2D eigenvalue weighted by Crippen LogP contribution is -2.26. The normalized spacial score (nSPS) is 12.5. The molecule has 3 aromatic carbocycles. The molecule has 1 aliphatic heterocycles. The molecule has 2 heterocycles. The lowest BCUT2D eigenvalue weighted by molar-refractivity contribution is -0.116. The number of benzene rings is 3. The lowest BCUT2D eigenvalue weighted by atomic mass is 10.2. The van der Waals surface area contributed by atoms with Crippen LogP contribution in [0.5, 0.6) is 11.5 Å². The third-order valence-corrected chi connectivity index (χ3v) is 6.14. The number of aromatic nitrogens is 3. The molecule has 33 heavy (non-hydrogen) atoms. The van der Waals surface area contributed by atoms with E-state index < -0.39 is 0 Å². The van der Waals surface area contributed by atoms with Crippen LogP contribution in [-0.4, -0.2) is 34.1 Å². The van der Waals surface area contributed by atoms with Crippen molar-refractivity contribution in [2.45, 2.75) is 22.8 Å². The highest BCUT2D eigenvalue weighted by Gasteiger charge is 2.18. The number of hydrogen-bond donors (Lipinski definition) is 1. The first-order chi connectivity index (χ1) is 16.2. The highest BCUT2D eigenvalue weighted by molar-refractivity contribution is 7.99. The molecule has 0 aliphatic carbocycles. The van der Waals surface area contributed by atoms with Gasteiger partial charge in [-0.1, -0.05) is 47.3 Å². The Hall–Kier alpha value is -3.85. The summed E-state index contributed by atoms with van der Waals surface area (Å²) in [5, 5.41) is 11.4. The Kier molecular flexibility index (Phi) is 5.95. The number of carbonyl (C=O) groups excluding carboxylic acids is 1. The number of aryl methyl sites for hydroxylation is 1. The van der Waals surface area contributed by atoms with E-state index in [2.05, 4.69) is 15.6 Å². The minimum atomic E-state index is -0.270. The minimum absolute atomic E-state index is 0.0663. The van der Waals surface area contributed by atoms with Gasteiger partial charge in [0.05, 0.1) is 17.6 Å². The molecule has 1 aliphatic rings. The van der Waals surface area contributed by atoms with Gasteiger partial charge >= 0.3 is 0 Å². The number of hydrogen-bond acceptors (Lipinski definition) is 7. The van der Waals surface area contributed by atoms with Crippen LogP contribution in [0.25, 0.3) is 10.9 Å². The van der Waals surface area contributed by atoms with Crippen LogP contribution in [0.4, 0.5) is 5.69 Å². The Morgan fingerprint density at radius 3 is 2.55 bits per heavy atom. The Bertz CT molecular complexity index is 1370. The van der Waals surface area contributed by atoms with Crippen molar-refractivity contribution in [3.8, 4) is 11.5 Å². The number of anilines is 1. The SMILES string of the molecule is O=C(CCn1nnc2ccccc2c1=O)Nc1cc2c(cc1Sc1ccccc1)OCCO2. The Labute approximate surface area is 193 Å². The summed E-state index contributed by atoms with van der Waals surface area (Å²) in [7, 11) is 0. The van der Waals surface area contributed by atoms with E-state index in [1.165, 1.54) is 16.4 Å². The summed E-state index contributed by atoms with van der Waals surface area (Å²) in [5.41, 5.74) is 0.880. The number of amides is 1. The van der Waals surface area contributed by atoms with E-state index in [9.17, 15) is 9.59 Å². The lowest BCUT2D eigenvalue weighted by Gasteiger charge is -2.21. The molecule has 0 saturated heterocycles. The summed E-state index contributed by atoms with van der Waals surface area (Å²) in [6.07, 6.45) is 0.0663. The highest BCUT2D eigenvalue weighted by atomic mass is 32.2. The summed E-state index contributed by atoms with van der Waals surface area (Å²) in [5.74, 6) is 0.990. The van der Waals surface area contributed by atoms with Crippen molar-refractivity contribution < 1.29 is 14.3 Å². The summed E-state index contributed by atoms with van der Waals surface area (Å²) in [6, 6.07) is 20.5. The Balaban J connectivity index is 1.35. The molecule has 1 N–H and O–H groups in total. The van der Waals surface area contributed by atoms with Crippen LogP contribution in [0.15, 0.2) is 81.3 Å². The fourth-order valence-electron chi connectivity index (χ4n) is 3.46. The average Bonchev–Trinajstić information content (AvgIpc) is 2.85. The maximum Gasteiger partial charge on any atom is 0.277 e. The smallest absolute Gasteiger partial charge is 0.277 e. The van der Waals surface area contributed by atoms with Gasteiger partial charge in [-0.05, 0) is 24.3 Å². The molecule has 166 valence electrons. The first kappa shape index (κ1) is 21.0. The van der Waals surface area contributed by atoms with E-state index in [0.29, 0.717) is 41.3 Å². The fraction of sp³-hybridized carbons (Fsp3) is 0.167. The molecule has 0 fully saturated rings. The van der Waals surface area contributed by atoms with Crippen LogP contribution in [0.3, 0.4) is 0 Å². The second kappa shape index (κ2) is 9.33. The molecule has 9 heteroatoms. The van der Waals surface area contributed by atoms with E-state index in [1.807, 2.05) is 36.4 Å². The number of nitrogens with one attached hydrogen (secondary N) is 1. The van der Waals surface area contributed by atoms with Crippen molar-refractivity contribution in [3.63, 3.8) is 0 Å². The molecule has 8 nitrogen and oxygen atoms in total. The molecule has 1 aromatic heterocycles. The van der Waals surface area contributed by atoms with Crippen LogP contribution < -0.4 is 20.3 Å². The Morgan fingerprint density at radius 2 is 1.73 bits per heavy atom. The van der Waals surface area contributed by atoms with Gasteiger partial charge in [-0.3, -0.25) is 9.59 Å². The van der Waals surface area contributed by atoms with Crippen LogP contribution in [-0.2, 0) is 11.3 Å². The highest BCUT2D eigenvalue weighted by Crippen LogP contribution is 2.42. The van der Waals surface area contributed by atoms with Crippen molar-refractivity contribution in [3.05, 3.63) is 77.1 Å². The van der Waals surface area contributed by atoms with Crippen molar-refractivity contribution in [1.29, 1.82) is 0 Å². The second-order valence-corrected chi connectivity index (χ2v) is 8.46. The number of nitrogens with zero attached hydrogens (tertiary/aromatic N) is 3. The predicted octanol–water partition coefficient (Wildman–Crippen LogP) is 3.74. The van der Waals surface area contributed by atoms with Gasteiger partial charge < -0.3 is 14.8 Å². The van der Waals surface area contributed by atoms with E-state index in [1.54, 1.807) is 30.3 Å². The van der Waals surface area contributed by atoms with Crippen LogP contribution >= 0.6 is 11.8 Å². The van der Waals surface area contributed by atoms with E-state index >= 15 is 0 Å². The molecule has 0 unspecified atom stereocenters. The van der Waals surface area contributed by atoms with Gasteiger partial charge in [0, 0.05) is 28.3 Å². The van der Waals surface area contributed by atoms with Crippen molar-refractivity contribution in [2.75, 3.05) is 18.5 Å². The topological polar surface area (TPSA) is 95.3 Å².